The first-order valence-electron chi connectivity index (χ1n) is 14.3. The summed E-state index contributed by atoms with van der Waals surface area (Å²) in [6.45, 7) is 2.57. The molecule has 3 aromatic rings. The molecule has 3 heterocycles. The summed E-state index contributed by atoms with van der Waals surface area (Å²) in [6, 6.07) is 6.26. The monoisotopic (exact) mass is 546 g/mol. The van der Waals surface area contributed by atoms with Crippen molar-refractivity contribution in [2.75, 3.05) is 11.4 Å². The Morgan fingerprint density at radius 2 is 1.90 bits per heavy atom. The van der Waals surface area contributed by atoms with Crippen LogP contribution in [0.4, 0.5) is 14.6 Å². The molecular formula is C31H32F2N4O3. The van der Waals surface area contributed by atoms with Crippen molar-refractivity contribution in [1.29, 1.82) is 0 Å². The van der Waals surface area contributed by atoms with E-state index >= 15 is 4.39 Å². The van der Waals surface area contributed by atoms with Crippen molar-refractivity contribution >= 4 is 28.7 Å². The number of piperidine rings is 1. The van der Waals surface area contributed by atoms with Gasteiger partial charge in [0.1, 0.15) is 23.0 Å². The van der Waals surface area contributed by atoms with Crippen LogP contribution in [0.25, 0.3) is 16.7 Å². The molecule has 5 unspecified atom stereocenters. The van der Waals surface area contributed by atoms with E-state index in [0.717, 1.165) is 49.7 Å². The quantitative estimate of drug-likeness (QED) is 0.492. The Morgan fingerprint density at radius 1 is 1.05 bits per heavy atom. The van der Waals surface area contributed by atoms with E-state index in [2.05, 4.69) is 17.2 Å². The summed E-state index contributed by atoms with van der Waals surface area (Å²) < 4.78 is 30.2. The number of fused-ring (bicyclic) bond motifs is 2. The van der Waals surface area contributed by atoms with Gasteiger partial charge in [0.05, 0.1) is 11.1 Å². The van der Waals surface area contributed by atoms with Crippen LogP contribution in [-0.4, -0.2) is 33.4 Å². The maximum absolute atomic E-state index is 15.1. The summed E-state index contributed by atoms with van der Waals surface area (Å²) in [5.41, 5.74) is -1.02. The van der Waals surface area contributed by atoms with Crippen LogP contribution in [-0.2, 0) is 4.79 Å². The first-order chi connectivity index (χ1) is 19.2. The van der Waals surface area contributed by atoms with Gasteiger partial charge in [-0.3, -0.25) is 23.9 Å². The molecule has 1 N–H and O–H groups in total. The van der Waals surface area contributed by atoms with Crippen molar-refractivity contribution in [2.45, 2.75) is 63.8 Å². The van der Waals surface area contributed by atoms with Crippen molar-refractivity contribution in [3.63, 3.8) is 0 Å². The van der Waals surface area contributed by atoms with Crippen LogP contribution in [0.2, 0.25) is 0 Å². The molecule has 9 heteroatoms. The van der Waals surface area contributed by atoms with E-state index in [-0.39, 0.29) is 28.2 Å². The number of benzene rings is 1. The highest BCUT2D eigenvalue weighted by Gasteiger charge is 2.53. The SMILES string of the molecule is CC1(NC(=O)c2cn(-c3ccc(F)cc3F)c3nc(N4CCCCC4=O)ccc3c2=O)CC2CC3CC(C1)C3C2. The van der Waals surface area contributed by atoms with E-state index in [4.69, 9.17) is 0 Å². The Labute approximate surface area is 230 Å². The van der Waals surface area contributed by atoms with E-state index in [1.54, 1.807) is 11.0 Å². The number of anilines is 1. The summed E-state index contributed by atoms with van der Waals surface area (Å²) in [5, 5.41) is 3.31. The minimum absolute atomic E-state index is 0.0476. The molecule has 40 heavy (non-hydrogen) atoms. The fraction of sp³-hybridized carbons (Fsp3) is 0.484. The number of rotatable bonds is 4. The number of amides is 2. The Morgan fingerprint density at radius 3 is 2.70 bits per heavy atom. The summed E-state index contributed by atoms with van der Waals surface area (Å²) >= 11 is 0. The van der Waals surface area contributed by atoms with Crippen molar-refractivity contribution in [3.05, 3.63) is 63.9 Å². The second kappa shape index (κ2) is 9.21. The highest BCUT2D eigenvalue weighted by molar-refractivity contribution is 5.98. The van der Waals surface area contributed by atoms with Crippen molar-refractivity contribution in [3.8, 4) is 5.69 Å². The minimum Gasteiger partial charge on any atom is -0.347 e. The summed E-state index contributed by atoms with van der Waals surface area (Å²) in [4.78, 5) is 46.2. The van der Waals surface area contributed by atoms with Gasteiger partial charge in [0.15, 0.2) is 5.65 Å². The number of nitrogens with zero attached hydrogens (tertiary/aromatic N) is 3. The maximum Gasteiger partial charge on any atom is 0.257 e. The highest BCUT2D eigenvalue weighted by Crippen LogP contribution is 2.60. The van der Waals surface area contributed by atoms with Crippen LogP contribution in [0, 0.1) is 35.3 Å². The molecule has 7 rings (SSSR count). The van der Waals surface area contributed by atoms with Crippen LogP contribution in [0.5, 0.6) is 0 Å². The van der Waals surface area contributed by atoms with Crippen LogP contribution >= 0.6 is 0 Å². The number of carbonyl (C=O) groups excluding carboxylic acids is 2. The van der Waals surface area contributed by atoms with Crippen LogP contribution in [0.15, 0.2) is 41.3 Å². The van der Waals surface area contributed by atoms with Gasteiger partial charge in [-0.2, -0.15) is 0 Å². The molecule has 2 bridgehead atoms. The van der Waals surface area contributed by atoms with E-state index in [9.17, 15) is 18.8 Å². The van der Waals surface area contributed by atoms with Gasteiger partial charge in [-0.25, -0.2) is 13.8 Å². The Hall–Kier alpha value is -3.62. The molecule has 7 nitrogen and oxygen atoms in total. The smallest absolute Gasteiger partial charge is 0.257 e. The normalized spacial score (nSPS) is 29.3. The zero-order valence-electron chi connectivity index (χ0n) is 22.5. The minimum atomic E-state index is -0.858. The molecule has 2 aromatic heterocycles. The first-order valence-corrected chi connectivity index (χ1v) is 14.3. The third-order valence-electron chi connectivity index (χ3n) is 9.78. The third-order valence-corrected chi connectivity index (χ3v) is 9.78. The molecule has 3 aliphatic carbocycles. The molecule has 5 atom stereocenters. The lowest BCUT2D eigenvalue weighted by atomic mass is 9.62. The Kier molecular flexibility index (Phi) is 5.84. The Bertz CT molecular complexity index is 1610. The molecular weight excluding hydrogens is 514 g/mol. The molecule has 1 saturated heterocycles. The van der Waals surface area contributed by atoms with Crippen molar-refractivity contribution in [1.82, 2.24) is 14.9 Å². The van der Waals surface area contributed by atoms with Gasteiger partial charge in [0.2, 0.25) is 11.3 Å². The molecule has 4 aliphatic rings. The number of halogens is 2. The number of hydrogen-bond donors (Lipinski definition) is 1. The third kappa shape index (κ3) is 4.12. The lowest BCUT2D eigenvalue weighted by Gasteiger charge is -2.46. The van der Waals surface area contributed by atoms with E-state index < -0.39 is 28.5 Å². The molecule has 0 spiro atoms. The summed E-state index contributed by atoms with van der Waals surface area (Å²) in [5.74, 6) is 0.952. The maximum atomic E-state index is 15.1. The van der Waals surface area contributed by atoms with Crippen LogP contribution in [0.3, 0.4) is 0 Å². The van der Waals surface area contributed by atoms with Crippen molar-refractivity contribution < 1.29 is 18.4 Å². The van der Waals surface area contributed by atoms with Gasteiger partial charge in [0.25, 0.3) is 5.91 Å². The lowest BCUT2D eigenvalue weighted by molar-refractivity contribution is -0.119. The Balaban J connectivity index is 1.32. The number of pyridine rings is 2. The van der Waals surface area contributed by atoms with E-state index in [1.165, 1.54) is 42.2 Å². The zero-order chi connectivity index (χ0) is 27.8. The molecule has 208 valence electrons. The molecule has 0 radical (unpaired) electrons. The number of aromatic nitrogens is 2. The van der Waals surface area contributed by atoms with Gasteiger partial charge in [-0.15, -0.1) is 0 Å². The summed E-state index contributed by atoms with van der Waals surface area (Å²) in [7, 11) is 0. The highest BCUT2D eigenvalue weighted by atomic mass is 19.1. The van der Waals surface area contributed by atoms with Gasteiger partial charge < -0.3 is 5.32 Å². The number of nitrogens with one attached hydrogen (secondary N) is 1. The zero-order valence-corrected chi connectivity index (χ0v) is 22.5. The molecule has 4 fully saturated rings. The average molecular weight is 547 g/mol. The van der Waals surface area contributed by atoms with Gasteiger partial charge in [0, 0.05) is 30.8 Å². The fourth-order valence-corrected chi connectivity index (χ4v) is 8.05. The number of carbonyl (C=O) groups is 2. The van der Waals surface area contributed by atoms with E-state index in [0.29, 0.717) is 30.6 Å². The largest absolute Gasteiger partial charge is 0.347 e. The second-order valence-electron chi connectivity index (χ2n) is 12.6. The van der Waals surface area contributed by atoms with E-state index in [1.807, 2.05) is 0 Å². The molecule has 1 aromatic carbocycles. The molecule has 3 saturated carbocycles. The van der Waals surface area contributed by atoms with Gasteiger partial charge >= 0.3 is 0 Å². The van der Waals surface area contributed by atoms with Gasteiger partial charge in [-0.05, 0) is 99.8 Å². The van der Waals surface area contributed by atoms with Crippen LogP contribution in [0.1, 0.15) is 68.6 Å². The topological polar surface area (TPSA) is 84.3 Å². The average Bonchev–Trinajstić information content (AvgIpc) is 3.17. The predicted molar refractivity (Wildman–Crippen MR) is 146 cm³/mol. The predicted octanol–water partition coefficient (Wildman–Crippen LogP) is 5.13. The lowest BCUT2D eigenvalue weighted by Crippen LogP contribution is -2.51. The van der Waals surface area contributed by atoms with Crippen molar-refractivity contribution in [2.24, 2.45) is 23.7 Å². The van der Waals surface area contributed by atoms with Crippen LogP contribution < -0.4 is 15.6 Å². The molecule has 1 aliphatic heterocycles. The fourth-order valence-electron chi connectivity index (χ4n) is 8.05. The second-order valence-corrected chi connectivity index (χ2v) is 12.6. The first kappa shape index (κ1) is 25.4. The van der Waals surface area contributed by atoms with Gasteiger partial charge in [-0.1, -0.05) is 0 Å². The summed E-state index contributed by atoms with van der Waals surface area (Å²) in [6.07, 6.45) is 8.75. The number of hydrogen-bond acceptors (Lipinski definition) is 4. The standard InChI is InChI=1S/C31H32F2N4O3/c1-31(14-17-10-18-12-19(15-31)22(18)11-17)35-30(40)23-16-37(25-7-5-20(32)13-24(25)33)29-21(28(23)39)6-8-26(34-29)36-9-3-2-4-27(36)38/h5-8,13,16-19,22H,2-4,9-12,14-15H2,1H3,(H,35,40). The molecule has 2 amide bonds.